The quantitative estimate of drug-likeness (QED) is 0.683. The first-order valence-electron chi connectivity index (χ1n) is 9.20. The summed E-state index contributed by atoms with van der Waals surface area (Å²) in [7, 11) is -3.61. The van der Waals surface area contributed by atoms with Gasteiger partial charge in [-0.3, -0.25) is 4.72 Å². The molecule has 2 aromatic carbocycles. The maximum atomic E-state index is 12.8. The van der Waals surface area contributed by atoms with E-state index in [-0.39, 0.29) is 0 Å². The minimum atomic E-state index is -3.61. The Bertz CT molecular complexity index is 1050. The zero-order valence-electron chi connectivity index (χ0n) is 15.2. The summed E-state index contributed by atoms with van der Waals surface area (Å²) in [5.74, 6) is 0.419. The molecule has 4 nitrogen and oxygen atoms in total. The van der Waals surface area contributed by atoms with Gasteiger partial charge in [-0.2, -0.15) is 0 Å². The number of aromatic amines is 1. The van der Waals surface area contributed by atoms with E-state index in [4.69, 9.17) is 0 Å². The van der Waals surface area contributed by atoms with Crippen LogP contribution in [0.25, 0.3) is 10.9 Å². The number of fused-ring (bicyclic) bond motifs is 3. The van der Waals surface area contributed by atoms with Gasteiger partial charge in [-0.05, 0) is 73.1 Å². The van der Waals surface area contributed by atoms with Crippen molar-refractivity contribution in [3.8, 4) is 0 Å². The van der Waals surface area contributed by atoms with Crippen LogP contribution in [-0.2, 0) is 22.9 Å². The van der Waals surface area contributed by atoms with Crippen molar-refractivity contribution < 1.29 is 8.42 Å². The SMILES string of the molecule is CC(C)c1ccc(NS(=O)(=O)c2ccc3[nH]c4c(c3c2)CCCC4)cc1. The number of H-pyrrole nitrogens is 1. The number of sulfonamides is 1. The van der Waals surface area contributed by atoms with Gasteiger partial charge in [-0.25, -0.2) is 8.42 Å². The van der Waals surface area contributed by atoms with Crippen molar-refractivity contribution in [2.45, 2.75) is 50.3 Å². The van der Waals surface area contributed by atoms with Crippen LogP contribution < -0.4 is 4.72 Å². The molecule has 3 aromatic rings. The Labute approximate surface area is 154 Å². The van der Waals surface area contributed by atoms with Crippen molar-refractivity contribution in [3.05, 3.63) is 59.3 Å². The lowest BCUT2D eigenvalue weighted by Crippen LogP contribution is -2.13. The third kappa shape index (κ3) is 3.12. The van der Waals surface area contributed by atoms with Crippen molar-refractivity contribution in [2.75, 3.05) is 4.72 Å². The van der Waals surface area contributed by atoms with Crippen LogP contribution in [0.15, 0.2) is 47.4 Å². The summed E-state index contributed by atoms with van der Waals surface area (Å²) in [5, 5.41) is 1.04. The molecule has 0 saturated heterocycles. The predicted octanol–water partition coefficient (Wildman–Crippen LogP) is 4.97. The summed E-state index contributed by atoms with van der Waals surface area (Å²) in [4.78, 5) is 3.76. The van der Waals surface area contributed by atoms with E-state index in [1.165, 1.54) is 23.2 Å². The molecule has 0 aliphatic heterocycles. The summed E-state index contributed by atoms with van der Waals surface area (Å²) in [6.45, 7) is 4.23. The molecule has 4 rings (SSSR count). The summed E-state index contributed by atoms with van der Waals surface area (Å²) < 4.78 is 28.4. The van der Waals surface area contributed by atoms with Crippen LogP contribution in [-0.4, -0.2) is 13.4 Å². The molecule has 5 heteroatoms. The first-order chi connectivity index (χ1) is 12.4. The van der Waals surface area contributed by atoms with Gasteiger partial charge in [-0.15, -0.1) is 0 Å². The van der Waals surface area contributed by atoms with Gasteiger partial charge in [-0.1, -0.05) is 26.0 Å². The molecule has 26 heavy (non-hydrogen) atoms. The van der Waals surface area contributed by atoms with E-state index in [2.05, 4.69) is 23.6 Å². The molecule has 1 aliphatic carbocycles. The third-order valence-corrected chi connectivity index (χ3v) is 6.59. The van der Waals surface area contributed by atoms with E-state index in [0.717, 1.165) is 30.2 Å². The van der Waals surface area contributed by atoms with Crippen LogP contribution in [0.4, 0.5) is 5.69 Å². The van der Waals surface area contributed by atoms with Crippen molar-refractivity contribution in [1.82, 2.24) is 4.98 Å². The van der Waals surface area contributed by atoms with Gasteiger partial charge in [0.05, 0.1) is 4.90 Å². The lowest BCUT2D eigenvalue weighted by molar-refractivity contribution is 0.601. The fourth-order valence-electron chi connectivity index (χ4n) is 3.70. The number of hydrogen-bond donors (Lipinski definition) is 2. The number of anilines is 1. The Morgan fingerprint density at radius 1 is 1.00 bits per heavy atom. The van der Waals surface area contributed by atoms with Crippen LogP contribution in [0, 0.1) is 0 Å². The highest BCUT2D eigenvalue weighted by Crippen LogP contribution is 2.31. The van der Waals surface area contributed by atoms with E-state index in [1.807, 2.05) is 30.3 Å². The molecule has 0 fully saturated rings. The monoisotopic (exact) mass is 368 g/mol. The maximum absolute atomic E-state index is 12.8. The smallest absolute Gasteiger partial charge is 0.261 e. The van der Waals surface area contributed by atoms with Crippen molar-refractivity contribution in [1.29, 1.82) is 0 Å². The van der Waals surface area contributed by atoms with Gasteiger partial charge in [0.2, 0.25) is 0 Å². The van der Waals surface area contributed by atoms with Gasteiger partial charge in [0.1, 0.15) is 0 Å². The van der Waals surface area contributed by atoms with Crippen LogP contribution in [0.3, 0.4) is 0 Å². The zero-order valence-corrected chi connectivity index (χ0v) is 16.0. The van der Waals surface area contributed by atoms with E-state index < -0.39 is 10.0 Å². The van der Waals surface area contributed by atoms with E-state index in [0.29, 0.717) is 16.5 Å². The average molecular weight is 369 g/mol. The molecular formula is C21H24N2O2S. The highest BCUT2D eigenvalue weighted by Gasteiger charge is 2.19. The molecule has 1 aromatic heterocycles. The molecule has 0 spiro atoms. The Morgan fingerprint density at radius 2 is 1.73 bits per heavy atom. The molecular weight excluding hydrogens is 344 g/mol. The number of hydrogen-bond acceptors (Lipinski definition) is 2. The number of benzene rings is 2. The Kier molecular flexibility index (Phi) is 4.27. The summed E-state index contributed by atoms with van der Waals surface area (Å²) in [5.41, 5.74) is 5.35. The Morgan fingerprint density at radius 3 is 2.46 bits per heavy atom. The molecule has 0 radical (unpaired) electrons. The molecule has 136 valence electrons. The maximum Gasteiger partial charge on any atom is 0.261 e. The lowest BCUT2D eigenvalue weighted by Gasteiger charge is -2.12. The second kappa shape index (κ2) is 6.47. The molecule has 2 N–H and O–H groups in total. The summed E-state index contributed by atoms with van der Waals surface area (Å²) in [6, 6.07) is 12.9. The van der Waals surface area contributed by atoms with Gasteiger partial charge >= 0.3 is 0 Å². The molecule has 1 aliphatic rings. The van der Waals surface area contributed by atoms with Crippen LogP contribution in [0.2, 0.25) is 0 Å². The largest absolute Gasteiger partial charge is 0.358 e. The molecule has 0 saturated carbocycles. The second-order valence-electron chi connectivity index (χ2n) is 7.38. The molecule has 0 unspecified atom stereocenters. The van der Waals surface area contributed by atoms with E-state index >= 15 is 0 Å². The van der Waals surface area contributed by atoms with Crippen molar-refractivity contribution in [2.24, 2.45) is 0 Å². The van der Waals surface area contributed by atoms with Gasteiger partial charge in [0.25, 0.3) is 10.0 Å². The van der Waals surface area contributed by atoms with E-state index in [1.54, 1.807) is 12.1 Å². The molecule has 1 heterocycles. The van der Waals surface area contributed by atoms with Gasteiger partial charge < -0.3 is 4.98 Å². The summed E-state index contributed by atoms with van der Waals surface area (Å²) >= 11 is 0. The third-order valence-electron chi connectivity index (χ3n) is 5.21. The average Bonchev–Trinajstić information content (AvgIpc) is 2.99. The fraction of sp³-hybridized carbons (Fsp3) is 0.333. The predicted molar refractivity (Wildman–Crippen MR) is 106 cm³/mol. The first kappa shape index (κ1) is 17.2. The normalized spacial score (nSPS) is 14.6. The number of aryl methyl sites for hydroxylation is 2. The highest BCUT2D eigenvalue weighted by atomic mass is 32.2. The van der Waals surface area contributed by atoms with Gasteiger partial charge in [0.15, 0.2) is 0 Å². The highest BCUT2D eigenvalue weighted by molar-refractivity contribution is 7.92. The first-order valence-corrected chi connectivity index (χ1v) is 10.7. The van der Waals surface area contributed by atoms with Gasteiger partial charge in [0, 0.05) is 22.3 Å². The lowest BCUT2D eigenvalue weighted by atomic mass is 9.96. The molecule has 0 amide bonds. The molecule has 0 bridgehead atoms. The Balaban J connectivity index is 1.66. The number of rotatable bonds is 4. The second-order valence-corrected chi connectivity index (χ2v) is 9.06. The van der Waals surface area contributed by atoms with Crippen LogP contribution in [0.5, 0.6) is 0 Å². The zero-order chi connectivity index (χ0) is 18.3. The number of nitrogens with one attached hydrogen (secondary N) is 2. The standard InChI is InChI=1S/C21H24N2O2S/c1-14(2)15-7-9-16(10-8-15)23-26(24,25)17-11-12-21-19(13-17)18-5-3-4-6-20(18)22-21/h7-14,22-23H,3-6H2,1-2H3. The van der Waals surface area contributed by atoms with E-state index in [9.17, 15) is 8.42 Å². The van der Waals surface area contributed by atoms with Crippen molar-refractivity contribution in [3.63, 3.8) is 0 Å². The minimum absolute atomic E-state index is 0.310. The fourth-order valence-corrected chi connectivity index (χ4v) is 4.79. The topological polar surface area (TPSA) is 62.0 Å². The number of aromatic nitrogens is 1. The van der Waals surface area contributed by atoms with Crippen molar-refractivity contribution >= 4 is 26.6 Å². The van der Waals surface area contributed by atoms with Crippen LogP contribution in [0.1, 0.15) is 49.4 Å². The minimum Gasteiger partial charge on any atom is -0.358 e. The Hall–Kier alpha value is -2.27. The molecule has 0 atom stereocenters. The summed E-state index contributed by atoms with van der Waals surface area (Å²) in [6.07, 6.45) is 4.42. The van der Waals surface area contributed by atoms with Crippen LogP contribution >= 0.6 is 0 Å².